The third kappa shape index (κ3) is 5.20. The van der Waals surface area contributed by atoms with E-state index in [1.165, 1.54) is 16.3 Å². The second kappa shape index (κ2) is 9.88. The molecular formula is C27H26BrNO2. The highest BCUT2D eigenvalue weighted by molar-refractivity contribution is 9.10. The number of benzene rings is 4. The molecule has 0 atom stereocenters. The average molecular weight is 476 g/mol. The van der Waals surface area contributed by atoms with E-state index in [1.54, 1.807) is 0 Å². The Kier molecular flexibility index (Phi) is 6.78. The van der Waals surface area contributed by atoms with Crippen molar-refractivity contribution < 1.29 is 9.47 Å². The molecule has 0 amide bonds. The number of ether oxygens (including phenoxy) is 2. The molecule has 4 heteroatoms. The number of nitrogens with one attached hydrogen (secondary N) is 1. The molecule has 0 bridgehead atoms. The first-order valence-corrected chi connectivity index (χ1v) is 11.3. The molecule has 0 saturated heterocycles. The quantitative estimate of drug-likeness (QED) is 0.286. The van der Waals surface area contributed by atoms with Crippen LogP contribution in [0.15, 0.2) is 83.3 Å². The maximum atomic E-state index is 6.13. The predicted octanol–water partition coefficient (Wildman–Crippen LogP) is 7.50. The van der Waals surface area contributed by atoms with Crippen molar-refractivity contribution in [2.45, 2.75) is 27.0 Å². The maximum absolute atomic E-state index is 6.13. The van der Waals surface area contributed by atoms with Gasteiger partial charge in [0.1, 0.15) is 6.61 Å². The lowest BCUT2D eigenvalue weighted by molar-refractivity contribution is 0.267. The average Bonchev–Trinajstić information content (AvgIpc) is 2.78. The third-order valence-electron chi connectivity index (χ3n) is 5.15. The van der Waals surface area contributed by atoms with Crippen LogP contribution in [0.2, 0.25) is 0 Å². The van der Waals surface area contributed by atoms with Gasteiger partial charge in [0.2, 0.25) is 0 Å². The topological polar surface area (TPSA) is 30.5 Å². The predicted molar refractivity (Wildman–Crippen MR) is 132 cm³/mol. The van der Waals surface area contributed by atoms with Gasteiger partial charge in [0.15, 0.2) is 11.5 Å². The van der Waals surface area contributed by atoms with E-state index in [0.29, 0.717) is 19.8 Å². The summed E-state index contributed by atoms with van der Waals surface area (Å²) in [6.07, 6.45) is 0. The van der Waals surface area contributed by atoms with Gasteiger partial charge in [-0.1, -0.05) is 66.2 Å². The zero-order chi connectivity index (χ0) is 21.6. The number of rotatable bonds is 8. The van der Waals surface area contributed by atoms with Crippen LogP contribution >= 0.6 is 15.9 Å². The molecule has 158 valence electrons. The standard InChI is InChI=1S/C27H26BrNO2/c1-3-30-26-16-21(17-29-25-10-6-8-22-7-4-5-9-23(22)25)15-24(28)27(26)31-18-20-13-11-19(2)12-14-20/h4-16,29H,3,17-18H2,1-2H3. The van der Waals surface area contributed by atoms with Crippen LogP contribution < -0.4 is 14.8 Å². The van der Waals surface area contributed by atoms with Crippen molar-refractivity contribution in [1.29, 1.82) is 0 Å². The van der Waals surface area contributed by atoms with E-state index in [1.807, 2.05) is 6.92 Å². The van der Waals surface area contributed by atoms with Crippen molar-refractivity contribution in [1.82, 2.24) is 0 Å². The van der Waals surface area contributed by atoms with Crippen LogP contribution in [0.5, 0.6) is 11.5 Å². The normalized spacial score (nSPS) is 10.8. The summed E-state index contributed by atoms with van der Waals surface area (Å²) >= 11 is 3.69. The molecule has 4 rings (SSSR count). The Morgan fingerprint density at radius 2 is 1.61 bits per heavy atom. The molecule has 1 N–H and O–H groups in total. The Morgan fingerprint density at radius 3 is 2.42 bits per heavy atom. The van der Waals surface area contributed by atoms with Gasteiger partial charge >= 0.3 is 0 Å². The first-order valence-electron chi connectivity index (χ1n) is 10.5. The summed E-state index contributed by atoms with van der Waals surface area (Å²) in [7, 11) is 0. The Morgan fingerprint density at radius 1 is 0.839 bits per heavy atom. The molecule has 0 unspecified atom stereocenters. The summed E-state index contributed by atoms with van der Waals surface area (Å²) in [6.45, 7) is 5.82. The van der Waals surface area contributed by atoms with Gasteiger partial charge in [-0.3, -0.25) is 0 Å². The summed E-state index contributed by atoms with van der Waals surface area (Å²) in [5, 5.41) is 6.01. The summed E-state index contributed by atoms with van der Waals surface area (Å²) in [5.74, 6) is 1.48. The molecule has 0 radical (unpaired) electrons. The number of hydrogen-bond acceptors (Lipinski definition) is 3. The molecular weight excluding hydrogens is 450 g/mol. The third-order valence-corrected chi connectivity index (χ3v) is 5.73. The van der Waals surface area contributed by atoms with Gasteiger partial charge in [-0.2, -0.15) is 0 Å². The van der Waals surface area contributed by atoms with E-state index in [0.717, 1.165) is 32.8 Å². The van der Waals surface area contributed by atoms with E-state index >= 15 is 0 Å². The van der Waals surface area contributed by atoms with Gasteiger partial charge in [-0.05, 0) is 64.5 Å². The molecule has 0 aliphatic rings. The largest absolute Gasteiger partial charge is 0.490 e. The fourth-order valence-electron chi connectivity index (χ4n) is 3.54. The SMILES string of the molecule is CCOc1cc(CNc2cccc3ccccc23)cc(Br)c1OCc1ccc(C)cc1. The fraction of sp³-hybridized carbons (Fsp3) is 0.185. The Bertz CT molecular complexity index is 1170. The fourth-order valence-corrected chi connectivity index (χ4v) is 4.15. The second-order valence-electron chi connectivity index (χ2n) is 7.49. The molecule has 0 saturated carbocycles. The van der Waals surface area contributed by atoms with Gasteiger partial charge in [-0.15, -0.1) is 0 Å². The van der Waals surface area contributed by atoms with E-state index in [4.69, 9.17) is 9.47 Å². The first-order chi connectivity index (χ1) is 15.1. The lowest BCUT2D eigenvalue weighted by Gasteiger charge is -2.16. The molecule has 0 fully saturated rings. The van der Waals surface area contributed by atoms with Crippen LogP contribution in [0.25, 0.3) is 10.8 Å². The lowest BCUT2D eigenvalue weighted by Crippen LogP contribution is -2.04. The minimum atomic E-state index is 0.493. The van der Waals surface area contributed by atoms with Crippen molar-refractivity contribution in [3.8, 4) is 11.5 Å². The van der Waals surface area contributed by atoms with Crippen LogP contribution in [0, 0.1) is 6.92 Å². The van der Waals surface area contributed by atoms with Gasteiger partial charge in [-0.25, -0.2) is 0 Å². The van der Waals surface area contributed by atoms with E-state index < -0.39 is 0 Å². The molecule has 0 spiro atoms. The number of halogens is 1. The number of hydrogen-bond donors (Lipinski definition) is 1. The van der Waals surface area contributed by atoms with Crippen molar-refractivity contribution in [2.75, 3.05) is 11.9 Å². The summed E-state index contributed by atoms with van der Waals surface area (Å²) < 4.78 is 12.9. The minimum Gasteiger partial charge on any atom is -0.490 e. The van der Waals surface area contributed by atoms with Crippen molar-refractivity contribution in [3.05, 3.63) is 100 Å². The summed E-state index contributed by atoms with van der Waals surface area (Å²) in [6, 6.07) is 27.2. The van der Waals surface area contributed by atoms with Gasteiger partial charge in [0.25, 0.3) is 0 Å². The Labute approximate surface area is 192 Å². The van der Waals surface area contributed by atoms with Crippen molar-refractivity contribution in [2.24, 2.45) is 0 Å². The Hall–Kier alpha value is -2.98. The Balaban J connectivity index is 1.52. The monoisotopic (exact) mass is 475 g/mol. The van der Waals surface area contributed by atoms with Gasteiger partial charge < -0.3 is 14.8 Å². The summed E-state index contributed by atoms with van der Waals surface area (Å²) in [5.41, 5.74) is 4.60. The molecule has 4 aromatic rings. The molecule has 0 aliphatic carbocycles. The van der Waals surface area contributed by atoms with Gasteiger partial charge in [0.05, 0.1) is 11.1 Å². The van der Waals surface area contributed by atoms with Crippen LogP contribution in [-0.4, -0.2) is 6.61 Å². The number of aryl methyl sites for hydroxylation is 1. The smallest absolute Gasteiger partial charge is 0.175 e. The van der Waals surface area contributed by atoms with Gasteiger partial charge in [0, 0.05) is 17.6 Å². The molecule has 0 aromatic heterocycles. The molecule has 0 aliphatic heterocycles. The van der Waals surface area contributed by atoms with Crippen molar-refractivity contribution in [3.63, 3.8) is 0 Å². The number of anilines is 1. The summed E-state index contributed by atoms with van der Waals surface area (Å²) in [4.78, 5) is 0. The molecule has 31 heavy (non-hydrogen) atoms. The van der Waals surface area contributed by atoms with Crippen LogP contribution in [-0.2, 0) is 13.2 Å². The second-order valence-corrected chi connectivity index (χ2v) is 8.35. The van der Waals surface area contributed by atoms with E-state index in [2.05, 4.69) is 107 Å². The zero-order valence-electron chi connectivity index (χ0n) is 17.8. The van der Waals surface area contributed by atoms with Crippen LogP contribution in [0.1, 0.15) is 23.6 Å². The molecule has 0 heterocycles. The van der Waals surface area contributed by atoms with Crippen LogP contribution in [0.4, 0.5) is 5.69 Å². The lowest BCUT2D eigenvalue weighted by atomic mass is 10.1. The zero-order valence-corrected chi connectivity index (χ0v) is 19.4. The first kappa shape index (κ1) is 21.3. The van der Waals surface area contributed by atoms with Crippen molar-refractivity contribution >= 4 is 32.4 Å². The number of fused-ring (bicyclic) bond motifs is 1. The van der Waals surface area contributed by atoms with E-state index in [9.17, 15) is 0 Å². The molecule has 4 aromatic carbocycles. The highest BCUT2D eigenvalue weighted by atomic mass is 79.9. The highest BCUT2D eigenvalue weighted by Gasteiger charge is 2.13. The van der Waals surface area contributed by atoms with E-state index in [-0.39, 0.29) is 0 Å². The minimum absolute atomic E-state index is 0.493. The highest BCUT2D eigenvalue weighted by Crippen LogP contribution is 2.38. The maximum Gasteiger partial charge on any atom is 0.175 e. The van der Waals surface area contributed by atoms with Crippen LogP contribution in [0.3, 0.4) is 0 Å². The molecule has 3 nitrogen and oxygen atoms in total.